The van der Waals surface area contributed by atoms with Gasteiger partial charge in [0.25, 0.3) is 5.91 Å². The van der Waals surface area contributed by atoms with Crippen LogP contribution < -0.4 is 25.6 Å². The number of β-amino-alcohol motifs (C(OH)–C–C–N with tert-alkyl or cyclic N) is 1. The maximum atomic E-state index is 12.8. The molecular formula is C25H28N8O4. The van der Waals surface area contributed by atoms with Crippen molar-refractivity contribution in [2.24, 2.45) is 5.92 Å². The molecule has 1 aromatic carbocycles. The summed E-state index contributed by atoms with van der Waals surface area (Å²) in [7, 11) is 1.47. The van der Waals surface area contributed by atoms with Crippen molar-refractivity contribution in [1.82, 2.24) is 25.5 Å². The van der Waals surface area contributed by atoms with E-state index in [9.17, 15) is 14.7 Å². The molecule has 12 nitrogen and oxygen atoms in total. The number of rotatable bonds is 8. The van der Waals surface area contributed by atoms with Crippen LogP contribution in [0, 0.1) is 5.92 Å². The van der Waals surface area contributed by atoms with Crippen LogP contribution in [0.3, 0.4) is 0 Å². The highest BCUT2D eigenvalue weighted by atomic mass is 16.5. The number of anilines is 4. The maximum Gasteiger partial charge on any atom is 0.273 e. The van der Waals surface area contributed by atoms with Crippen molar-refractivity contribution >= 4 is 34.7 Å². The molecular weight excluding hydrogens is 476 g/mol. The van der Waals surface area contributed by atoms with Gasteiger partial charge in [-0.05, 0) is 31.4 Å². The van der Waals surface area contributed by atoms with Gasteiger partial charge in [-0.3, -0.25) is 9.59 Å². The van der Waals surface area contributed by atoms with Gasteiger partial charge in [-0.25, -0.2) is 9.97 Å². The lowest BCUT2D eigenvalue weighted by atomic mass is 10.1. The van der Waals surface area contributed by atoms with E-state index in [2.05, 4.69) is 30.8 Å². The summed E-state index contributed by atoms with van der Waals surface area (Å²) in [4.78, 5) is 36.0. The molecule has 37 heavy (non-hydrogen) atoms. The summed E-state index contributed by atoms with van der Waals surface area (Å²) in [5.41, 5.74) is 1.56. The maximum absolute atomic E-state index is 12.8. The number of ether oxygens (including phenoxy) is 1. The van der Waals surface area contributed by atoms with Crippen LogP contribution in [0.1, 0.15) is 33.9 Å². The summed E-state index contributed by atoms with van der Waals surface area (Å²) in [6.45, 7) is -1.51. The minimum atomic E-state index is -2.75. The molecule has 1 saturated heterocycles. The Morgan fingerprint density at radius 2 is 1.97 bits per heavy atom. The largest absolute Gasteiger partial charge is 0.494 e. The second-order valence-corrected chi connectivity index (χ2v) is 8.87. The van der Waals surface area contributed by atoms with Crippen LogP contribution in [0.4, 0.5) is 22.9 Å². The normalized spacial score (nSPS) is 18.4. The number of carbonyl (C=O) groups excluding carboxylic acids is 2. The van der Waals surface area contributed by atoms with Gasteiger partial charge in [0.1, 0.15) is 0 Å². The minimum absolute atomic E-state index is 0.0876. The van der Waals surface area contributed by atoms with Gasteiger partial charge in [0.2, 0.25) is 5.91 Å². The summed E-state index contributed by atoms with van der Waals surface area (Å²) in [5.74, 6) is -0.426. The Kier molecular flexibility index (Phi) is 5.83. The zero-order valence-electron chi connectivity index (χ0n) is 23.1. The predicted molar refractivity (Wildman–Crippen MR) is 137 cm³/mol. The molecule has 5 rings (SSSR count). The Bertz CT molecular complexity index is 1420. The number of hydrogen-bond acceptors (Lipinski definition) is 10. The third-order valence-electron chi connectivity index (χ3n) is 6.22. The number of aliphatic hydroxyl groups excluding tert-OH is 1. The second kappa shape index (κ2) is 10.3. The average Bonchev–Trinajstić information content (AvgIpc) is 3.68. The van der Waals surface area contributed by atoms with Crippen LogP contribution in [-0.4, -0.2) is 70.4 Å². The van der Waals surface area contributed by atoms with E-state index in [1.54, 1.807) is 30.6 Å². The van der Waals surface area contributed by atoms with E-state index < -0.39 is 12.9 Å². The Balaban J connectivity index is 1.46. The van der Waals surface area contributed by atoms with E-state index >= 15 is 0 Å². The Morgan fingerprint density at radius 3 is 2.65 bits per heavy atom. The molecule has 0 unspecified atom stereocenters. The molecule has 2 aromatic heterocycles. The minimum Gasteiger partial charge on any atom is -0.494 e. The van der Waals surface area contributed by atoms with Gasteiger partial charge in [-0.1, -0.05) is 6.07 Å². The molecule has 1 aliphatic carbocycles. The van der Waals surface area contributed by atoms with Gasteiger partial charge < -0.3 is 30.7 Å². The first kappa shape index (κ1) is 20.8. The van der Waals surface area contributed by atoms with E-state index in [0.717, 1.165) is 18.5 Å². The smallest absolute Gasteiger partial charge is 0.273 e. The van der Waals surface area contributed by atoms with Crippen LogP contribution in [0.15, 0.2) is 36.7 Å². The number of methoxy groups -OCH3 is 1. The number of aliphatic hydroxyl groups is 1. The van der Waals surface area contributed by atoms with Gasteiger partial charge in [0, 0.05) is 36.2 Å². The number of nitrogens with one attached hydrogen (secondary N) is 3. The van der Waals surface area contributed by atoms with E-state index in [4.69, 9.17) is 8.85 Å². The summed E-state index contributed by atoms with van der Waals surface area (Å²) >= 11 is 0. The number of hydrogen-bond donors (Lipinski definition) is 4. The van der Waals surface area contributed by atoms with Gasteiger partial charge >= 0.3 is 0 Å². The van der Waals surface area contributed by atoms with Gasteiger partial charge in [-0.15, -0.1) is 10.2 Å². The topological polar surface area (TPSA) is 154 Å². The highest BCUT2D eigenvalue weighted by Gasteiger charge is 2.30. The highest BCUT2D eigenvalue weighted by Crippen LogP contribution is 2.37. The third kappa shape index (κ3) is 5.28. The van der Waals surface area contributed by atoms with Crippen molar-refractivity contribution < 1.29 is 23.5 Å². The molecule has 2 amide bonds. The number of aromatic nitrogens is 4. The monoisotopic (exact) mass is 507 g/mol. The second-order valence-electron chi connectivity index (χ2n) is 8.87. The Labute approximate surface area is 217 Å². The van der Waals surface area contributed by atoms with Crippen molar-refractivity contribution in [3.8, 4) is 17.1 Å². The fraction of sp³-hybridized carbons (Fsp3) is 0.360. The molecule has 0 spiro atoms. The molecule has 2 fully saturated rings. The standard InChI is InChI=1S/C25H28N8O4/c1-26-25(36)21-19(10-20(31-32-21)30-24(35)14-6-7-14)29-18-5-3-4-17(22(18)37-2)23-27-11-15(12-28-23)33-9-8-16(34)13-33/h3-5,10-12,14,16,34H,6-9,13H2,1-2H3,(H,26,36)(H2,29,30,31,35)/t16-/m1/s1/i1D3. The van der Waals surface area contributed by atoms with Crippen molar-refractivity contribution in [3.05, 3.63) is 42.4 Å². The molecule has 1 saturated carbocycles. The first-order chi connectivity index (χ1) is 19.1. The summed E-state index contributed by atoms with van der Waals surface area (Å²) < 4.78 is 27.8. The van der Waals surface area contributed by atoms with Crippen LogP contribution in [-0.2, 0) is 4.79 Å². The number of nitrogens with zero attached hydrogens (tertiary/aromatic N) is 5. The number of benzene rings is 1. The molecule has 1 aliphatic heterocycles. The van der Waals surface area contributed by atoms with Gasteiger partial charge in [0.15, 0.2) is 23.1 Å². The SMILES string of the molecule is [2H]C([2H])([2H])NC(=O)c1nnc(NC(=O)C2CC2)cc1Nc1cccc(-c2ncc(N3CC[C@@H](O)C3)cn2)c1OC. The van der Waals surface area contributed by atoms with Crippen LogP contribution >= 0.6 is 0 Å². The van der Waals surface area contributed by atoms with E-state index in [0.29, 0.717) is 42.3 Å². The lowest BCUT2D eigenvalue weighted by molar-refractivity contribution is -0.117. The number of para-hydroxylation sites is 1. The third-order valence-corrected chi connectivity index (χ3v) is 6.22. The van der Waals surface area contributed by atoms with Crippen LogP contribution in [0.25, 0.3) is 11.4 Å². The zero-order valence-corrected chi connectivity index (χ0v) is 20.1. The van der Waals surface area contributed by atoms with E-state index in [1.807, 2.05) is 10.2 Å². The fourth-order valence-electron chi connectivity index (χ4n) is 4.13. The fourth-order valence-corrected chi connectivity index (χ4v) is 4.13. The molecule has 12 heteroatoms. The molecule has 0 radical (unpaired) electrons. The molecule has 3 heterocycles. The molecule has 192 valence electrons. The van der Waals surface area contributed by atoms with Crippen molar-refractivity contribution in [1.29, 1.82) is 0 Å². The molecule has 0 bridgehead atoms. The number of amides is 2. The lowest BCUT2D eigenvalue weighted by Gasteiger charge is -2.18. The molecule has 1 atom stereocenters. The van der Waals surface area contributed by atoms with Crippen molar-refractivity contribution in [2.45, 2.75) is 25.4 Å². The molecule has 4 N–H and O–H groups in total. The first-order valence-electron chi connectivity index (χ1n) is 13.3. The highest BCUT2D eigenvalue weighted by molar-refractivity contribution is 6.00. The Morgan fingerprint density at radius 1 is 1.16 bits per heavy atom. The zero-order chi connectivity index (χ0) is 28.4. The summed E-state index contributed by atoms with van der Waals surface area (Å²) in [6.07, 6.45) is 5.25. The van der Waals surface area contributed by atoms with Crippen LogP contribution in [0.5, 0.6) is 5.75 Å². The van der Waals surface area contributed by atoms with E-state index in [-0.39, 0.29) is 35.1 Å². The average molecular weight is 508 g/mol. The lowest BCUT2D eigenvalue weighted by Crippen LogP contribution is -2.22. The molecule has 2 aliphatic rings. The number of carbonyl (C=O) groups is 2. The summed E-state index contributed by atoms with van der Waals surface area (Å²) in [6, 6.07) is 6.61. The van der Waals surface area contributed by atoms with Gasteiger partial charge in [-0.2, -0.15) is 0 Å². The van der Waals surface area contributed by atoms with Crippen molar-refractivity contribution in [2.75, 3.05) is 42.7 Å². The van der Waals surface area contributed by atoms with E-state index in [1.165, 1.54) is 13.2 Å². The quantitative estimate of drug-likeness (QED) is 0.356. The molecule has 3 aromatic rings. The Hall–Kier alpha value is -4.32. The van der Waals surface area contributed by atoms with Gasteiger partial charge in [0.05, 0.1) is 48.2 Å². The predicted octanol–water partition coefficient (Wildman–Crippen LogP) is 1.96. The first-order valence-corrected chi connectivity index (χ1v) is 11.8. The summed E-state index contributed by atoms with van der Waals surface area (Å²) in [5, 5.41) is 25.3. The van der Waals surface area contributed by atoms with Crippen molar-refractivity contribution in [3.63, 3.8) is 0 Å². The van der Waals surface area contributed by atoms with Crippen LogP contribution in [0.2, 0.25) is 0 Å².